The summed E-state index contributed by atoms with van der Waals surface area (Å²) < 4.78 is 0. The lowest BCUT2D eigenvalue weighted by Gasteiger charge is -2.31. The summed E-state index contributed by atoms with van der Waals surface area (Å²) in [6, 6.07) is 11.4. The van der Waals surface area contributed by atoms with Crippen LogP contribution in [0.3, 0.4) is 0 Å². The number of anilines is 2. The molecule has 0 fully saturated rings. The maximum atomic E-state index is 12.4. The van der Waals surface area contributed by atoms with Crippen molar-refractivity contribution in [1.82, 2.24) is 4.90 Å². The summed E-state index contributed by atoms with van der Waals surface area (Å²) >= 11 is 1.46. The third-order valence-electron chi connectivity index (χ3n) is 4.19. The summed E-state index contributed by atoms with van der Waals surface area (Å²) in [5, 5.41) is 12.7. The highest BCUT2D eigenvalue weighted by Gasteiger charge is 2.28. The van der Waals surface area contributed by atoms with Gasteiger partial charge in [0.1, 0.15) is 11.1 Å². The molecule has 1 amide bonds. The van der Waals surface area contributed by atoms with Gasteiger partial charge in [-0.3, -0.25) is 9.69 Å². The van der Waals surface area contributed by atoms with Gasteiger partial charge in [0.2, 0.25) is 5.91 Å². The molecule has 1 unspecified atom stereocenters. The number of nitriles is 1. The lowest BCUT2D eigenvalue weighted by atomic mass is 10.0. The Balaban J connectivity index is 1.70. The Kier molecular flexibility index (Phi) is 4.33. The summed E-state index contributed by atoms with van der Waals surface area (Å²) in [7, 11) is 0. The number of para-hydroxylation sites is 1. The van der Waals surface area contributed by atoms with Crippen molar-refractivity contribution in [1.29, 1.82) is 5.26 Å². The first-order chi connectivity index (χ1) is 11.1. The Morgan fingerprint density at radius 3 is 2.87 bits per heavy atom. The molecule has 0 aliphatic carbocycles. The molecule has 0 saturated heterocycles. The van der Waals surface area contributed by atoms with Gasteiger partial charge < -0.3 is 11.1 Å². The van der Waals surface area contributed by atoms with E-state index in [1.807, 2.05) is 37.3 Å². The standard InChI is InChI=1S/C17H18N4OS/c1-11(17(22)20-12-5-3-2-4-6-12)21-8-7-13-14(9-18)16(19)23-15(13)10-21/h2-6,11H,7-8,10,19H2,1H3,(H,20,22). The molecule has 118 valence electrons. The second-order valence-electron chi connectivity index (χ2n) is 5.61. The van der Waals surface area contributed by atoms with Crippen molar-refractivity contribution in [2.75, 3.05) is 17.6 Å². The molecule has 3 N–H and O–H groups in total. The lowest BCUT2D eigenvalue weighted by Crippen LogP contribution is -2.44. The largest absolute Gasteiger partial charge is 0.389 e. The molecule has 3 rings (SSSR count). The van der Waals surface area contributed by atoms with Gasteiger partial charge in [-0.05, 0) is 31.0 Å². The van der Waals surface area contributed by atoms with Crippen LogP contribution in [-0.4, -0.2) is 23.4 Å². The van der Waals surface area contributed by atoms with Gasteiger partial charge in [-0.2, -0.15) is 5.26 Å². The van der Waals surface area contributed by atoms with Crippen LogP contribution in [0.4, 0.5) is 10.7 Å². The number of rotatable bonds is 3. The van der Waals surface area contributed by atoms with E-state index in [0.717, 1.165) is 29.1 Å². The van der Waals surface area contributed by atoms with Crippen molar-refractivity contribution in [2.45, 2.75) is 25.9 Å². The fraction of sp³-hybridized carbons (Fsp3) is 0.294. The second-order valence-corrected chi connectivity index (χ2v) is 6.74. The molecule has 1 atom stereocenters. The van der Waals surface area contributed by atoms with Gasteiger partial charge in [0.05, 0.1) is 11.6 Å². The lowest BCUT2D eigenvalue weighted by molar-refractivity contribution is -0.121. The van der Waals surface area contributed by atoms with E-state index in [2.05, 4.69) is 16.3 Å². The summed E-state index contributed by atoms with van der Waals surface area (Å²) in [5.74, 6) is -0.0234. The molecule has 1 aliphatic heterocycles. The molecule has 23 heavy (non-hydrogen) atoms. The van der Waals surface area contributed by atoms with Crippen LogP contribution in [-0.2, 0) is 17.8 Å². The first-order valence-corrected chi connectivity index (χ1v) is 8.32. The molecular weight excluding hydrogens is 308 g/mol. The number of carbonyl (C=O) groups is 1. The Morgan fingerprint density at radius 2 is 2.17 bits per heavy atom. The zero-order chi connectivity index (χ0) is 16.4. The summed E-state index contributed by atoms with van der Waals surface area (Å²) in [6.07, 6.45) is 0.759. The predicted molar refractivity (Wildman–Crippen MR) is 92.1 cm³/mol. The van der Waals surface area contributed by atoms with Crippen molar-refractivity contribution in [2.24, 2.45) is 0 Å². The highest BCUT2D eigenvalue weighted by Crippen LogP contribution is 2.35. The fourth-order valence-electron chi connectivity index (χ4n) is 2.83. The average Bonchev–Trinajstić information content (AvgIpc) is 2.89. The quantitative estimate of drug-likeness (QED) is 0.908. The number of nitrogens with two attached hydrogens (primary N) is 1. The topological polar surface area (TPSA) is 82.2 Å². The number of benzene rings is 1. The summed E-state index contributed by atoms with van der Waals surface area (Å²) in [5.41, 5.74) is 8.39. The van der Waals surface area contributed by atoms with Gasteiger partial charge in [-0.1, -0.05) is 18.2 Å². The van der Waals surface area contributed by atoms with E-state index in [4.69, 9.17) is 5.73 Å². The number of nitrogens with one attached hydrogen (secondary N) is 1. The van der Waals surface area contributed by atoms with Crippen molar-refractivity contribution in [3.8, 4) is 6.07 Å². The fourth-order valence-corrected chi connectivity index (χ4v) is 3.93. The van der Waals surface area contributed by atoms with Crippen LogP contribution in [0.25, 0.3) is 0 Å². The van der Waals surface area contributed by atoms with Crippen LogP contribution in [0.15, 0.2) is 30.3 Å². The van der Waals surface area contributed by atoms with Crippen molar-refractivity contribution < 1.29 is 4.79 Å². The number of thiophene rings is 1. The van der Waals surface area contributed by atoms with Crippen LogP contribution < -0.4 is 11.1 Å². The van der Waals surface area contributed by atoms with Crippen LogP contribution >= 0.6 is 11.3 Å². The van der Waals surface area contributed by atoms with Crippen molar-refractivity contribution >= 4 is 27.9 Å². The number of hydrogen-bond donors (Lipinski definition) is 2. The number of carbonyl (C=O) groups excluding carboxylic acids is 1. The molecule has 5 nitrogen and oxygen atoms in total. The smallest absolute Gasteiger partial charge is 0.241 e. The van der Waals surface area contributed by atoms with Crippen LogP contribution in [0, 0.1) is 11.3 Å². The van der Waals surface area contributed by atoms with E-state index >= 15 is 0 Å². The third kappa shape index (κ3) is 3.07. The minimum Gasteiger partial charge on any atom is -0.389 e. The Hall–Kier alpha value is -2.36. The van der Waals surface area contributed by atoms with Gasteiger partial charge in [0, 0.05) is 23.7 Å². The highest BCUT2D eigenvalue weighted by molar-refractivity contribution is 7.16. The maximum Gasteiger partial charge on any atom is 0.241 e. The number of fused-ring (bicyclic) bond motifs is 1. The SMILES string of the molecule is CC(C(=O)Nc1ccccc1)N1CCc2c(sc(N)c2C#N)C1. The zero-order valence-corrected chi connectivity index (χ0v) is 13.7. The molecule has 0 saturated carbocycles. The first kappa shape index (κ1) is 15.5. The van der Waals surface area contributed by atoms with Gasteiger partial charge >= 0.3 is 0 Å². The van der Waals surface area contributed by atoms with E-state index < -0.39 is 0 Å². The Morgan fingerprint density at radius 1 is 1.43 bits per heavy atom. The maximum absolute atomic E-state index is 12.4. The zero-order valence-electron chi connectivity index (χ0n) is 12.9. The van der Waals surface area contributed by atoms with Crippen molar-refractivity contribution in [3.05, 3.63) is 46.3 Å². The molecule has 6 heteroatoms. The molecule has 2 aromatic rings. The van der Waals surface area contributed by atoms with E-state index in [0.29, 0.717) is 17.1 Å². The first-order valence-electron chi connectivity index (χ1n) is 7.50. The normalized spacial score (nSPS) is 15.5. The van der Waals surface area contributed by atoms with E-state index in [1.54, 1.807) is 0 Å². The molecule has 2 heterocycles. The molecule has 0 spiro atoms. The minimum atomic E-state index is -0.239. The Labute approximate surface area is 139 Å². The molecule has 0 bridgehead atoms. The predicted octanol–water partition coefficient (Wildman–Crippen LogP) is 2.59. The van der Waals surface area contributed by atoms with E-state index in [-0.39, 0.29) is 11.9 Å². The monoisotopic (exact) mass is 326 g/mol. The van der Waals surface area contributed by atoms with Crippen LogP contribution in [0.5, 0.6) is 0 Å². The molecule has 1 aromatic carbocycles. The van der Waals surface area contributed by atoms with Gasteiger partial charge in [0.25, 0.3) is 0 Å². The minimum absolute atomic E-state index is 0.0234. The van der Waals surface area contributed by atoms with E-state index in [9.17, 15) is 10.1 Å². The van der Waals surface area contributed by atoms with Crippen LogP contribution in [0.1, 0.15) is 22.9 Å². The van der Waals surface area contributed by atoms with E-state index in [1.165, 1.54) is 11.3 Å². The van der Waals surface area contributed by atoms with Gasteiger partial charge in [0.15, 0.2) is 0 Å². The van der Waals surface area contributed by atoms with Gasteiger partial charge in [-0.15, -0.1) is 11.3 Å². The molecule has 1 aliphatic rings. The summed E-state index contributed by atoms with van der Waals surface area (Å²) in [6.45, 7) is 3.32. The van der Waals surface area contributed by atoms with Crippen LogP contribution in [0.2, 0.25) is 0 Å². The molecule has 1 aromatic heterocycles. The number of nitrogen functional groups attached to an aromatic ring is 1. The van der Waals surface area contributed by atoms with Gasteiger partial charge in [-0.25, -0.2) is 0 Å². The number of amides is 1. The summed E-state index contributed by atoms with van der Waals surface area (Å²) in [4.78, 5) is 15.6. The second kappa shape index (κ2) is 6.41. The average molecular weight is 326 g/mol. The van der Waals surface area contributed by atoms with Crippen molar-refractivity contribution in [3.63, 3.8) is 0 Å². The number of hydrogen-bond acceptors (Lipinski definition) is 5. The molecular formula is C17H18N4OS. The molecule has 0 radical (unpaired) electrons. The number of nitrogens with zero attached hydrogens (tertiary/aromatic N) is 2. The Bertz CT molecular complexity index is 763. The highest BCUT2D eigenvalue weighted by atomic mass is 32.1. The third-order valence-corrected chi connectivity index (χ3v) is 5.24.